The van der Waals surface area contributed by atoms with Crippen molar-refractivity contribution < 1.29 is 9.26 Å². The summed E-state index contributed by atoms with van der Waals surface area (Å²) in [6.07, 6.45) is 0. The molecule has 0 amide bonds. The van der Waals surface area contributed by atoms with E-state index in [0.29, 0.717) is 23.3 Å². The molecule has 2 rings (SSSR count). The average molecular weight is 282 g/mol. The highest BCUT2D eigenvalue weighted by atomic mass is 35.5. The molecule has 0 aliphatic heterocycles. The van der Waals surface area contributed by atoms with Crippen LogP contribution in [0.5, 0.6) is 0 Å². The van der Waals surface area contributed by atoms with Crippen molar-refractivity contribution >= 4 is 11.6 Å². The first-order chi connectivity index (χ1) is 8.95. The molecule has 2 aromatic rings. The number of rotatable bonds is 5. The maximum absolute atomic E-state index is 5.87. The summed E-state index contributed by atoms with van der Waals surface area (Å²) in [4.78, 5) is 4.18. The highest BCUT2D eigenvalue weighted by molar-refractivity contribution is 6.30. The van der Waals surface area contributed by atoms with Gasteiger partial charge in [-0.15, -0.1) is 0 Å². The Labute approximate surface area is 116 Å². The van der Waals surface area contributed by atoms with E-state index in [4.69, 9.17) is 26.6 Å². The van der Waals surface area contributed by atoms with E-state index in [1.807, 2.05) is 38.1 Å². The molecule has 1 aromatic heterocycles. The van der Waals surface area contributed by atoms with Crippen LogP contribution >= 0.6 is 11.6 Å². The van der Waals surface area contributed by atoms with Crippen LogP contribution in [0.2, 0.25) is 5.02 Å². The van der Waals surface area contributed by atoms with Gasteiger partial charge in [0.1, 0.15) is 6.61 Å². The summed E-state index contributed by atoms with van der Waals surface area (Å²) in [7, 11) is 0. The van der Waals surface area contributed by atoms with Crippen molar-refractivity contribution in [1.29, 1.82) is 0 Å². The van der Waals surface area contributed by atoms with Gasteiger partial charge in [-0.2, -0.15) is 4.98 Å². The monoisotopic (exact) mass is 281 g/mol. The minimum atomic E-state index is -0.613. The third-order valence-corrected chi connectivity index (χ3v) is 2.70. The quantitative estimate of drug-likeness (QED) is 0.912. The third-order valence-electron chi connectivity index (χ3n) is 2.45. The minimum Gasteiger partial charge on any atom is -0.367 e. The summed E-state index contributed by atoms with van der Waals surface area (Å²) in [5, 5.41) is 4.52. The Balaban J connectivity index is 1.86. The molecule has 0 radical (unpaired) electrons. The largest absolute Gasteiger partial charge is 0.367 e. The topological polar surface area (TPSA) is 74.2 Å². The lowest BCUT2D eigenvalue weighted by molar-refractivity contribution is 0.0850. The molecule has 0 unspecified atom stereocenters. The number of aromatic nitrogens is 2. The highest BCUT2D eigenvalue weighted by Crippen LogP contribution is 2.14. The lowest BCUT2D eigenvalue weighted by Gasteiger charge is -2.11. The van der Waals surface area contributed by atoms with Crippen LogP contribution in [0, 0.1) is 0 Å². The van der Waals surface area contributed by atoms with Crippen molar-refractivity contribution in [3.63, 3.8) is 0 Å². The number of nitrogens with two attached hydrogens (primary N) is 1. The molecule has 5 nitrogen and oxygen atoms in total. The molecule has 6 heteroatoms. The fraction of sp³-hybridized carbons (Fsp3) is 0.385. The molecule has 0 aliphatic rings. The molecule has 19 heavy (non-hydrogen) atoms. The number of nitrogens with zero attached hydrogens (tertiary/aromatic N) is 2. The molecule has 102 valence electrons. The second-order valence-electron chi connectivity index (χ2n) is 4.85. The number of ether oxygens (including phenoxy) is 1. The van der Waals surface area contributed by atoms with E-state index in [2.05, 4.69) is 10.1 Å². The lowest BCUT2D eigenvalue weighted by Crippen LogP contribution is -2.30. The fourth-order valence-corrected chi connectivity index (χ4v) is 1.54. The van der Waals surface area contributed by atoms with Gasteiger partial charge in [0, 0.05) is 5.02 Å². The Kier molecular flexibility index (Phi) is 4.19. The standard InChI is InChI=1S/C13H16ClN3O2/c1-13(2,15)12-16-11(19-17-12)8-18-7-9-3-5-10(14)6-4-9/h3-6H,7-8,15H2,1-2H3. The van der Waals surface area contributed by atoms with Crippen LogP contribution in [0.15, 0.2) is 28.8 Å². The summed E-state index contributed by atoms with van der Waals surface area (Å²) >= 11 is 5.80. The summed E-state index contributed by atoms with van der Waals surface area (Å²) in [5.74, 6) is 0.889. The Hall–Kier alpha value is -1.43. The van der Waals surface area contributed by atoms with E-state index in [1.165, 1.54) is 0 Å². The van der Waals surface area contributed by atoms with E-state index < -0.39 is 5.54 Å². The van der Waals surface area contributed by atoms with Gasteiger partial charge in [-0.25, -0.2) is 0 Å². The molecular weight excluding hydrogens is 266 g/mol. The smallest absolute Gasteiger partial charge is 0.252 e. The zero-order valence-corrected chi connectivity index (χ0v) is 11.6. The summed E-state index contributed by atoms with van der Waals surface area (Å²) in [6.45, 7) is 4.35. The van der Waals surface area contributed by atoms with E-state index in [1.54, 1.807) is 0 Å². The van der Waals surface area contributed by atoms with E-state index in [9.17, 15) is 0 Å². The van der Waals surface area contributed by atoms with E-state index >= 15 is 0 Å². The first kappa shape index (κ1) is 14.0. The Bertz CT molecular complexity index is 532. The molecular formula is C13H16ClN3O2. The molecule has 2 N–H and O–H groups in total. The molecule has 1 heterocycles. The van der Waals surface area contributed by atoms with E-state index in [-0.39, 0.29) is 6.61 Å². The summed E-state index contributed by atoms with van der Waals surface area (Å²) in [5.41, 5.74) is 6.28. The molecule has 0 fully saturated rings. The van der Waals surface area contributed by atoms with Crippen LogP contribution in [-0.2, 0) is 23.5 Å². The zero-order valence-electron chi connectivity index (χ0n) is 10.9. The van der Waals surface area contributed by atoms with Crippen LogP contribution in [0.1, 0.15) is 31.1 Å². The van der Waals surface area contributed by atoms with Crippen molar-refractivity contribution in [3.05, 3.63) is 46.6 Å². The fourth-order valence-electron chi connectivity index (χ4n) is 1.41. The average Bonchev–Trinajstić information content (AvgIpc) is 2.80. The SMILES string of the molecule is CC(C)(N)c1noc(COCc2ccc(Cl)cc2)n1. The molecule has 0 atom stereocenters. The Morgan fingerprint density at radius 1 is 1.26 bits per heavy atom. The van der Waals surface area contributed by atoms with Gasteiger partial charge in [0.05, 0.1) is 12.1 Å². The highest BCUT2D eigenvalue weighted by Gasteiger charge is 2.21. The van der Waals surface area contributed by atoms with Gasteiger partial charge in [0.15, 0.2) is 5.82 Å². The first-order valence-electron chi connectivity index (χ1n) is 5.89. The lowest BCUT2D eigenvalue weighted by atomic mass is 10.1. The van der Waals surface area contributed by atoms with Crippen molar-refractivity contribution in [1.82, 2.24) is 10.1 Å². The minimum absolute atomic E-state index is 0.256. The Morgan fingerprint density at radius 3 is 2.53 bits per heavy atom. The van der Waals surface area contributed by atoms with Gasteiger partial charge >= 0.3 is 0 Å². The van der Waals surface area contributed by atoms with E-state index in [0.717, 1.165) is 5.56 Å². The van der Waals surface area contributed by atoms with Crippen LogP contribution in [0.4, 0.5) is 0 Å². The molecule has 0 aliphatic carbocycles. The van der Waals surface area contributed by atoms with Crippen LogP contribution in [0.3, 0.4) is 0 Å². The Morgan fingerprint density at radius 2 is 1.95 bits per heavy atom. The van der Waals surface area contributed by atoms with Crippen LogP contribution < -0.4 is 5.73 Å². The maximum atomic E-state index is 5.87. The number of halogens is 1. The predicted molar refractivity (Wildman–Crippen MR) is 71.5 cm³/mol. The van der Waals surface area contributed by atoms with Gasteiger partial charge in [-0.1, -0.05) is 28.9 Å². The molecule has 1 aromatic carbocycles. The third kappa shape index (κ3) is 4.02. The van der Waals surface area contributed by atoms with Crippen LogP contribution in [0.25, 0.3) is 0 Å². The van der Waals surface area contributed by atoms with Gasteiger partial charge < -0.3 is 15.0 Å². The van der Waals surface area contributed by atoms with Crippen LogP contribution in [-0.4, -0.2) is 10.1 Å². The molecule has 0 spiro atoms. The molecule has 0 saturated carbocycles. The molecule has 0 bridgehead atoms. The zero-order chi connectivity index (χ0) is 13.9. The number of benzene rings is 1. The van der Waals surface area contributed by atoms with Crippen molar-refractivity contribution in [2.45, 2.75) is 32.6 Å². The normalized spacial score (nSPS) is 11.8. The summed E-state index contributed by atoms with van der Waals surface area (Å²) < 4.78 is 10.6. The van der Waals surface area contributed by atoms with Gasteiger partial charge in [0.2, 0.25) is 0 Å². The van der Waals surface area contributed by atoms with Crippen molar-refractivity contribution in [3.8, 4) is 0 Å². The molecule has 0 saturated heterocycles. The first-order valence-corrected chi connectivity index (χ1v) is 6.27. The summed E-state index contributed by atoms with van der Waals surface area (Å²) in [6, 6.07) is 7.46. The maximum Gasteiger partial charge on any atom is 0.252 e. The van der Waals surface area contributed by atoms with Gasteiger partial charge in [-0.3, -0.25) is 0 Å². The second kappa shape index (κ2) is 5.69. The van der Waals surface area contributed by atoms with Gasteiger partial charge in [-0.05, 0) is 31.5 Å². The van der Waals surface area contributed by atoms with Crippen molar-refractivity contribution in [2.75, 3.05) is 0 Å². The van der Waals surface area contributed by atoms with Crippen molar-refractivity contribution in [2.24, 2.45) is 5.73 Å². The van der Waals surface area contributed by atoms with Gasteiger partial charge in [0.25, 0.3) is 5.89 Å². The number of hydrogen-bond donors (Lipinski definition) is 1. The second-order valence-corrected chi connectivity index (χ2v) is 5.29. The predicted octanol–water partition coefficient (Wildman–Crippen LogP) is 2.63. The number of hydrogen-bond acceptors (Lipinski definition) is 5.